The summed E-state index contributed by atoms with van der Waals surface area (Å²) < 4.78 is 39.5. The van der Waals surface area contributed by atoms with Gasteiger partial charge in [-0.3, -0.25) is 0 Å². The summed E-state index contributed by atoms with van der Waals surface area (Å²) in [6.45, 7) is 0.530. The number of anilines is 2. The Bertz CT molecular complexity index is 1080. The second-order valence-corrected chi connectivity index (χ2v) is 8.51. The minimum Gasteiger partial charge on any atom is -0.493 e. The highest BCUT2D eigenvalue weighted by atomic mass is 32.2. The summed E-state index contributed by atoms with van der Waals surface area (Å²) in [7, 11) is 0. The van der Waals surface area contributed by atoms with Crippen molar-refractivity contribution in [1.82, 2.24) is 15.0 Å². The van der Waals surface area contributed by atoms with Gasteiger partial charge in [0, 0.05) is 11.8 Å². The number of benzene rings is 2. The zero-order valence-electron chi connectivity index (χ0n) is 16.8. The average Bonchev–Trinajstić information content (AvgIpc) is 3.57. The largest absolute Gasteiger partial charge is 0.493 e. The first kappa shape index (κ1) is 21.3. The van der Waals surface area contributed by atoms with Crippen molar-refractivity contribution in [3.05, 3.63) is 60.2 Å². The van der Waals surface area contributed by atoms with Crippen LogP contribution in [0, 0.1) is 11.7 Å². The van der Waals surface area contributed by atoms with Gasteiger partial charge in [-0.05, 0) is 48.6 Å². The van der Waals surface area contributed by atoms with E-state index < -0.39 is 11.1 Å². The van der Waals surface area contributed by atoms with Crippen LogP contribution in [0.25, 0.3) is 11.4 Å². The maximum atomic E-state index is 13.8. The number of aromatic nitrogens is 3. The first-order chi connectivity index (χ1) is 15.1. The molecule has 3 aromatic rings. The predicted molar refractivity (Wildman–Crippen MR) is 117 cm³/mol. The lowest BCUT2D eigenvalue weighted by atomic mass is 10.1. The molecule has 1 aliphatic carbocycles. The highest BCUT2D eigenvalue weighted by Gasteiger charge is 2.21. The number of rotatable bonds is 10. The van der Waals surface area contributed by atoms with Crippen LogP contribution in [0.3, 0.4) is 0 Å². The predicted octanol–water partition coefficient (Wildman–Crippen LogP) is 4.36. The van der Waals surface area contributed by atoms with Gasteiger partial charge in [-0.1, -0.05) is 25.0 Å². The maximum Gasteiger partial charge on any atom is 0.230 e. The summed E-state index contributed by atoms with van der Waals surface area (Å²) in [5, 5.41) is 3.12. The molecule has 7 nitrogen and oxygen atoms in total. The number of nitrogens with one attached hydrogen (secondary N) is 1. The number of aryl methyl sites for hydroxylation is 1. The highest BCUT2D eigenvalue weighted by molar-refractivity contribution is 7.79. The molecule has 1 fully saturated rings. The molecule has 1 aliphatic rings. The van der Waals surface area contributed by atoms with Crippen molar-refractivity contribution >= 4 is 22.7 Å². The third-order valence-electron chi connectivity index (χ3n) is 4.99. The van der Waals surface area contributed by atoms with Crippen LogP contribution < -0.4 is 10.1 Å². The summed E-state index contributed by atoms with van der Waals surface area (Å²) >= 11 is -1.83. The van der Waals surface area contributed by atoms with Gasteiger partial charge in [0.25, 0.3) is 0 Å². The second kappa shape index (κ2) is 9.93. The zero-order valence-corrected chi connectivity index (χ0v) is 17.6. The summed E-state index contributed by atoms with van der Waals surface area (Å²) in [5.74, 6) is 1.65. The minimum atomic E-state index is -1.83. The Morgan fingerprint density at radius 2 is 2.06 bits per heavy atom. The van der Waals surface area contributed by atoms with Crippen LogP contribution in [0.15, 0.2) is 48.8 Å². The van der Waals surface area contributed by atoms with E-state index >= 15 is 0 Å². The van der Waals surface area contributed by atoms with Crippen molar-refractivity contribution in [2.24, 2.45) is 5.92 Å². The van der Waals surface area contributed by atoms with Gasteiger partial charge in [0.15, 0.2) is 16.9 Å². The van der Waals surface area contributed by atoms with Gasteiger partial charge < -0.3 is 14.6 Å². The minimum absolute atomic E-state index is 0.174. The molecule has 0 spiro atoms. The van der Waals surface area contributed by atoms with Gasteiger partial charge in [0.2, 0.25) is 5.95 Å². The Kier molecular flexibility index (Phi) is 6.83. The van der Waals surface area contributed by atoms with E-state index in [1.807, 2.05) is 24.3 Å². The number of hydrogen-bond acceptors (Lipinski definition) is 6. The molecule has 31 heavy (non-hydrogen) atoms. The normalized spacial score (nSPS) is 14.3. The molecule has 0 aliphatic heterocycles. The fourth-order valence-corrected chi connectivity index (χ4v) is 3.58. The van der Waals surface area contributed by atoms with E-state index in [9.17, 15) is 8.60 Å². The molecular weight excluding hydrogens is 419 g/mol. The molecule has 2 aromatic carbocycles. The van der Waals surface area contributed by atoms with Crippen molar-refractivity contribution in [3.63, 3.8) is 0 Å². The monoisotopic (exact) mass is 442 g/mol. The third kappa shape index (κ3) is 6.28. The Morgan fingerprint density at radius 1 is 1.19 bits per heavy atom. The molecule has 1 heterocycles. The Balaban J connectivity index is 1.51. The molecule has 2 N–H and O–H groups in total. The molecule has 9 heteroatoms. The number of nitrogens with zero attached hydrogens (tertiary/aromatic N) is 3. The van der Waals surface area contributed by atoms with Crippen LogP contribution in [0.1, 0.15) is 24.8 Å². The topological polar surface area (TPSA) is 97.2 Å². The summed E-state index contributed by atoms with van der Waals surface area (Å²) in [6.07, 6.45) is 5.31. The molecule has 4 rings (SSSR count). The lowest BCUT2D eigenvalue weighted by Gasteiger charge is -2.12. The molecule has 162 valence electrons. The van der Waals surface area contributed by atoms with E-state index in [0.29, 0.717) is 36.1 Å². The van der Waals surface area contributed by atoms with E-state index in [-0.39, 0.29) is 11.6 Å². The first-order valence-corrected chi connectivity index (χ1v) is 11.4. The average molecular weight is 443 g/mol. The fraction of sp³-hybridized carbons (Fsp3) is 0.318. The van der Waals surface area contributed by atoms with Crippen molar-refractivity contribution in [2.45, 2.75) is 25.7 Å². The number of halogens is 1. The van der Waals surface area contributed by atoms with Gasteiger partial charge >= 0.3 is 0 Å². The van der Waals surface area contributed by atoms with Crippen molar-refractivity contribution in [3.8, 4) is 17.1 Å². The molecule has 0 amide bonds. The molecule has 0 bridgehead atoms. The molecule has 0 radical (unpaired) electrons. The van der Waals surface area contributed by atoms with E-state index in [1.54, 1.807) is 6.07 Å². The second-order valence-electron chi connectivity index (χ2n) is 7.45. The molecule has 1 atom stereocenters. The standard InChI is InChI=1S/C22H23FN4O3S/c23-17-6-7-19(20(13-17)30-10-8-15-4-5-15)21-24-14-25-22(27-21)26-18-3-1-2-16(12-18)9-11-31(28)29/h1-3,6-7,12-15H,4-5,8-11H2,(H,28,29)(H,24,25,26,27). The van der Waals surface area contributed by atoms with E-state index in [1.165, 1.54) is 31.3 Å². The zero-order chi connectivity index (χ0) is 21.6. The smallest absolute Gasteiger partial charge is 0.230 e. The molecule has 0 saturated heterocycles. The summed E-state index contributed by atoms with van der Waals surface area (Å²) in [5.41, 5.74) is 2.27. The van der Waals surface area contributed by atoms with Crippen molar-refractivity contribution in [1.29, 1.82) is 0 Å². The fourth-order valence-electron chi connectivity index (χ4n) is 3.17. The van der Waals surface area contributed by atoms with Crippen LogP contribution >= 0.6 is 0 Å². The lowest BCUT2D eigenvalue weighted by Crippen LogP contribution is -2.04. The number of hydrogen-bond donors (Lipinski definition) is 2. The van der Waals surface area contributed by atoms with Gasteiger partial charge in [-0.2, -0.15) is 4.98 Å². The molecule has 1 saturated carbocycles. The van der Waals surface area contributed by atoms with E-state index in [0.717, 1.165) is 23.6 Å². The Labute approximate surface area is 182 Å². The first-order valence-electron chi connectivity index (χ1n) is 10.1. The lowest BCUT2D eigenvalue weighted by molar-refractivity contribution is 0.302. The van der Waals surface area contributed by atoms with Crippen molar-refractivity contribution < 1.29 is 17.9 Å². The summed E-state index contributed by atoms with van der Waals surface area (Å²) in [6, 6.07) is 11.8. The van der Waals surface area contributed by atoms with E-state index in [4.69, 9.17) is 9.29 Å². The maximum absolute atomic E-state index is 13.8. The van der Waals surface area contributed by atoms with Crippen LogP contribution in [-0.2, 0) is 17.5 Å². The Hall–Kier alpha value is -2.91. The van der Waals surface area contributed by atoms with Crippen LogP contribution in [0.5, 0.6) is 5.75 Å². The van der Waals surface area contributed by atoms with E-state index in [2.05, 4.69) is 20.3 Å². The van der Waals surface area contributed by atoms with Gasteiger partial charge in [0.05, 0.1) is 17.9 Å². The molecular formula is C22H23FN4O3S. The van der Waals surface area contributed by atoms with Gasteiger partial charge in [-0.25, -0.2) is 18.6 Å². The summed E-state index contributed by atoms with van der Waals surface area (Å²) in [4.78, 5) is 12.9. The Morgan fingerprint density at radius 3 is 2.87 bits per heavy atom. The highest BCUT2D eigenvalue weighted by Crippen LogP contribution is 2.34. The quantitative estimate of drug-likeness (QED) is 0.450. The van der Waals surface area contributed by atoms with Crippen LogP contribution in [0.4, 0.5) is 16.0 Å². The number of ether oxygens (including phenoxy) is 1. The molecule has 1 aromatic heterocycles. The van der Waals surface area contributed by atoms with Crippen LogP contribution in [-0.4, -0.2) is 36.1 Å². The van der Waals surface area contributed by atoms with Gasteiger partial charge in [-0.15, -0.1) is 0 Å². The van der Waals surface area contributed by atoms with Gasteiger partial charge in [0.1, 0.15) is 17.9 Å². The SMILES string of the molecule is O=S(O)CCc1cccc(Nc2ncnc(-c3ccc(F)cc3OCCC3CC3)n2)c1. The third-order valence-corrected chi connectivity index (χ3v) is 5.54. The molecule has 1 unspecified atom stereocenters. The van der Waals surface area contributed by atoms with Crippen LogP contribution in [0.2, 0.25) is 0 Å². The van der Waals surface area contributed by atoms with Crippen molar-refractivity contribution in [2.75, 3.05) is 17.7 Å².